The van der Waals surface area contributed by atoms with Crippen LogP contribution in [0.15, 0.2) is 18.2 Å². The van der Waals surface area contributed by atoms with E-state index in [4.69, 9.17) is 16.3 Å². The molecule has 0 spiro atoms. The molecular weight excluding hydrogens is 242 g/mol. The lowest BCUT2D eigenvalue weighted by molar-refractivity contribution is -0.125. The minimum atomic E-state index is -0.287. The number of nitrogens with zero attached hydrogens (tertiary/aromatic N) is 1. The first kappa shape index (κ1) is 13.5. The Morgan fingerprint density at radius 3 is 2.53 bits per heavy atom. The highest BCUT2D eigenvalue weighted by Gasteiger charge is 2.15. The van der Waals surface area contributed by atoms with E-state index in [2.05, 4.69) is 0 Å². The molecule has 0 fully saturated rings. The van der Waals surface area contributed by atoms with Crippen molar-refractivity contribution in [2.24, 2.45) is 0 Å². The molecule has 0 saturated carbocycles. The van der Waals surface area contributed by atoms with Crippen LogP contribution in [0.25, 0.3) is 0 Å². The Morgan fingerprint density at radius 2 is 2.06 bits per heavy atom. The van der Waals surface area contributed by atoms with Gasteiger partial charge in [0.2, 0.25) is 5.91 Å². The first-order chi connectivity index (χ1) is 7.95. The highest BCUT2D eigenvalue weighted by molar-refractivity contribution is 6.34. The number of carbonyl (C=O) groups excluding carboxylic acids is 2. The van der Waals surface area contributed by atoms with Crippen LogP contribution in [0.1, 0.15) is 13.3 Å². The number of anilines is 1. The maximum absolute atomic E-state index is 11.7. The fraction of sp³-hybridized carbons (Fsp3) is 0.333. The average molecular weight is 256 g/mol. The molecule has 4 nitrogen and oxygen atoms in total. The SMILES string of the molecule is COc1ccc(N(C)C(=O)CC(C)=O)c(Cl)c1. The third kappa shape index (κ3) is 3.46. The van der Waals surface area contributed by atoms with Gasteiger partial charge in [-0.15, -0.1) is 0 Å². The van der Waals surface area contributed by atoms with Crippen molar-refractivity contribution < 1.29 is 14.3 Å². The summed E-state index contributed by atoms with van der Waals surface area (Å²) < 4.78 is 5.01. The lowest BCUT2D eigenvalue weighted by Gasteiger charge is -2.18. The van der Waals surface area contributed by atoms with E-state index in [0.29, 0.717) is 16.5 Å². The van der Waals surface area contributed by atoms with E-state index in [-0.39, 0.29) is 18.1 Å². The van der Waals surface area contributed by atoms with Crippen molar-refractivity contribution in [1.82, 2.24) is 0 Å². The van der Waals surface area contributed by atoms with E-state index in [0.717, 1.165) is 0 Å². The third-order valence-electron chi connectivity index (χ3n) is 2.29. The van der Waals surface area contributed by atoms with E-state index in [9.17, 15) is 9.59 Å². The number of amides is 1. The zero-order chi connectivity index (χ0) is 13.0. The standard InChI is InChI=1S/C12H14ClNO3/c1-8(15)6-12(16)14(2)11-5-4-9(17-3)7-10(11)13/h4-5,7H,6H2,1-3H3. The Bertz CT molecular complexity index is 445. The molecule has 0 aliphatic rings. The zero-order valence-electron chi connectivity index (χ0n) is 9.99. The van der Waals surface area contributed by atoms with Crippen molar-refractivity contribution >= 4 is 29.0 Å². The fourth-order valence-corrected chi connectivity index (χ4v) is 1.65. The number of ether oxygens (including phenoxy) is 1. The Kier molecular flexibility index (Phi) is 4.52. The molecule has 92 valence electrons. The number of ketones is 1. The Hall–Kier alpha value is -1.55. The van der Waals surface area contributed by atoms with Gasteiger partial charge in [0.25, 0.3) is 0 Å². The van der Waals surface area contributed by atoms with Crippen LogP contribution < -0.4 is 9.64 Å². The highest BCUT2D eigenvalue weighted by atomic mass is 35.5. The first-order valence-corrected chi connectivity index (χ1v) is 5.43. The van der Waals surface area contributed by atoms with E-state index in [1.807, 2.05) is 0 Å². The molecular formula is C12H14ClNO3. The molecule has 0 unspecified atom stereocenters. The number of hydrogen-bond donors (Lipinski definition) is 0. The molecule has 17 heavy (non-hydrogen) atoms. The molecule has 1 rings (SSSR count). The minimum Gasteiger partial charge on any atom is -0.497 e. The molecule has 0 aliphatic carbocycles. The van der Waals surface area contributed by atoms with Gasteiger partial charge >= 0.3 is 0 Å². The molecule has 0 N–H and O–H groups in total. The van der Waals surface area contributed by atoms with E-state index < -0.39 is 0 Å². The number of halogens is 1. The third-order valence-corrected chi connectivity index (χ3v) is 2.59. The van der Waals surface area contributed by atoms with Crippen LogP contribution in [0.4, 0.5) is 5.69 Å². The molecule has 1 aromatic carbocycles. The van der Waals surface area contributed by atoms with Crippen LogP contribution >= 0.6 is 11.6 Å². The summed E-state index contributed by atoms with van der Waals surface area (Å²) in [4.78, 5) is 23.9. The molecule has 0 bridgehead atoms. The molecule has 0 atom stereocenters. The fourth-order valence-electron chi connectivity index (χ4n) is 1.35. The summed E-state index contributed by atoms with van der Waals surface area (Å²) in [5.41, 5.74) is 0.554. The summed E-state index contributed by atoms with van der Waals surface area (Å²) in [6.45, 7) is 1.38. The topological polar surface area (TPSA) is 46.6 Å². The van der Waals surface area contributed by atoms with Gasteiger partial charge in [0, 0.05) is 13.1 Å². The maximum atomic E-state index is 11.7. The molecule has 0 radical (unpaired) electrons. The average Bonchev–Trinajstić information content (AvgIpc) is 2.27. The number of benzene rings is 1. The summed E-state index contributed by atoms with van der Waals surface area (Å²) in [7, 11) is 3.12. The van der Waals surface area contributed by atoms with Crippen molar-refractivity contribution in [2.45, 2.75) is 13.3 Å². The van der Waals surface area contributed by atoms with Crippen molar-refractivity contribution in [3.63, 3.8) is 0 Å². The van der Waals surface area contributed by atoms with Gasteiger partial charge in [-0.3, -0.25) is 9.59 Å². The summed E-state index contributed by atoms with van der Waals surface area (Å²) >= 11 is 6.02. The van der Waals surface area contributed by atoms with Crippen molar-refractivity contribution in [2.75, 3.05) is 19.1 Å². The van der Waals surface area contributed by atoms with Gasteiger partial charge < -0.3 is 9.64 Å². The quantitative estimate of drug-likeness (QED) is 0.776. The van der Waals surface area contributed by atoms with E-state index in [1.165, 1.54) is 18.9 Å². The molecule has 1 aromatic rings. The summed E-state index contributed by atoms with van der Waals surface area (Å²) in [5.74, 6) is 0.155. The normalized spacial score (nSPS) is 9.88. The molecule has 0 heterocycles. The first-order valence-electron chi connectivity index (χ1n) is 5.05. The lowest BCUT2D eigenvalue weighted by atomic mass is 10.2. The van der Waals surface area contributed by atoms with Crippen molar-refractivity contribution in [1.29, 1.82) is 0 Å². The molecule has 1 amide bonds. The summed E-state index contributed by atoms with van der Waals surface area (Å²) in [6.07, 6.45) is -0.126. The second kappa shape index (κ2) is 5.68. The predicted octanol–water partition coefficient (Wildman–Crippen LogP) is 2.29. The molecule has 0 aromatic heterocycles. The number of rotatable bonds is 4. The van der Waals surface area contributed by atoms with Gasteiger partial charge in [0.15, 0.2) is 0 Å². The van der Waals surface area contributed by atoms with Crippen LogP contribution in [0, 0.1) is 0 Å². The summed E-state index contributed by atoms with van der Waals surface area (Å²) in [6, 6.07) is 5.01. The van der Waals surface area contributed by atoms with Crippen LogP contribution in [0.2, 0.25) is 5.02 Å². The minimum absolute atomic E-state index is 0.126. The van der Waals surface area contributed by atoms with Gasteiger partial charge in [-0.25, -0.2) is 0 Å². The lowest BCUT2D eigenvalue weighted by Crippen LogP contribution is -2.27. The van der Waals surface area contributed by atoms with Crippen molar-refractivity contribution in [3.8, 4) is 5.75 Å². The number of methoxy groups -OCH3 is 1. The Morgan fingerprint density at radius 1 is 1.41 bits per heavy atom. The van der Waals surface area contributed by atoms with Crippen LogP contribution in [0.3, 0.4) is 0 Å². The van der Waals surface area contributed by atoms with Gasteiger partial charge in [0.1, 0.15) is 11.5 Å². The molecule has 5 heteroatoms. The van der Waals surface area contributed by atoms with Crippen LogP contribution in [0.5, 0.6) is 5.75 Å². The van der Waals surface area contributed by atoms with E-state index >= 15 is 0 Å². The second-order valence-electron chi connectivity index (χ2n) is 3.65. The number of hydrogen-bond acceptors (Lipinski definition) is 3. The van der Waals surface area contributed by atoms with E-state index in [1.54, 1.807) is 25.2 Å². The van der Waals surface area contributed by atoms with Gasteiger partial charge in [-0.2, -0.15) is 0 Å². The maximum Gasteiger partial charge on any atom is 0.234 e. The predicted molar refractivity (Wildman–Crippen MR) is 66.7 cm³/mol. The monoisotopic (exact) mass is 255 g/mol. The van der Waals surface area contributed by atoms with Crippen LogP contribution in [-0.2, 0) is 9.59 Å². The molecule has 0 saturated heterocycles. The Balaban J connectivity index is 2.92. The Labute approximate surface area is 105 Å². The smallest absolute Gasteiger partial charge is 0.234 e. The number of carbonyl (C=O) groups is 2. The van der Waals surface area contributed by atoms with Gasteiger partial charge in [-0.05, 0) is 19.1 Å². The second-order valence-corrected chi connectivity index (χ2v) is 4.06. The van der Waals surface area contributed by atoms with Crippen LogP contribution in [-0.4, -0.2) is 25.8 Å². The highest BCUT2D eigenvalue weighted by Crippen LogP contribution is 2.29. The number of Topliss-reactive ketones (excluding diaryl/α,β-unsaturated/α-hetero) is 1. The van der Waals surface area contributed by atoms with Gasteiger partial charge in [-0.1, -0.05) is 11.6 Å². The largest absolute Gasteiger partial charge is 0.497 e. The summed E-state index contributed by atoms with van der Waals surface area (Å²) in [5, 5.41) is 0.406. The van der Waals surface area contributed by atoms with Gasteiger partial charge in [0.05, 0.1) is 24.2 Å². The molecule has 0 aliphatic heterocycles. The zero-order valence-corrected chi connectivity index (χ0v) is 10.7. The van der Waals surface area contributed by atoms with Crippen molar-refractivity contribution in [3.05, 3.63) is 23.2 Å².